The Bertz CT molecular complexity index is 4370. The Balaban J connectivity index is 0.977. The van der Waals surface area contributed by atoms with Crippen molar-refractivity contribution in [2.75, 3.05) is 9.80 Å². The third-order valence-electron chi connectivity index (χ3n) is 20.3. The van der Waals surface area contributed by atoms with Gasteiger partial charge in [0.1, 0.15) is 0 Å². The molecule has 0 amide bonds. The highest BCUT2D eigenvalue weighted by atomic mass is 15.2. The summed E-state index contributed by atoms with van der Waals surface area (Å²) in [7, 11) is 0. The zero-order valence-corrected chi connectivity index (χ0v) is 54.6. The lowest BCUT2D eigenvalue weighted by Crippen LogP contribution is -2.33. The topological polar surface area (TPSA) is 11.4 Å². The first kappa shape index (κ1) is 56.7. The van der Waals surface area contributed by atoms with E-state index in [0.29, 0.717) is 0 Å². The van der Waals surface area contributed by atoms with Crippen LogP contribution in [0.5, 0.6) is 0 Å². The van der Waals surface area contributed by atoms with Gasteiger partial charge in [-0.2, -0.15) is 0 Å². The molecule has 87 heavy (non-hydrogen) atoms. The largest absolute Gasteiger partial charge is 0.310 e. The summed E-state index contributed by atoms with van der Waals surface area (Å²) < 4.78 is 2.70. The van der Waals surface area contributed by atoms with Crippen molar-refractivity contribution in [1.29, 1.82) is 0 Å². The van der Waals surface area contributed by atoms with E-state index in [9.17, 15) is 0 Å². The van der Waals surface area contributed by atoms with E-state index >= 15 is 0 Å². The molecule has 0 saturated heterocycles. The number of fused-ring (bicyclic) bond motifs is 3. The Hall–Kier alpha value is -8.14. The lowest BCUT2D eigenvalue weighted by molar-refractivity contribution is 0.590. The number of hydrogen-bond donors (Lipinski definition) is 0. The fourth-order valence-electron chi connectivity index (χ4n) is 15.1. The number of hydrogen-bond acceptors (Lipinski definition) is 2. The summed E-state index contributed by atoms with van der Waals surface area (Å²) >= 11 is 0. The van der Waals surface area contributed by atoms with Gasteiger partial charge in [-0.1, -0.05) is 214 Å². The van der Waals surface area contributed by atoms with E-state index in [1.165, 1.54) is 151 Å². The number of nitrogens with zero attached hydrogens (tertiary/aromatic N) is 3. The van der Waals surface area contributed by atoms with Crippen molar-refractivity contribution in [3.63, 3.8) is 0 Å². The van der Waals surface area contributed by atoms with E-state index in [1.54, 1.807) is 0 Å². The number of rotatable bonds is 8. The second-order valence-corrected chi connectivity index (χ2v) is 30.9. The quantitative estimate of drug-likeness (QED) is 0.150. The molecule has 3 heterocycles. The number of benzene rings is 9. The number of allylic oxidation sites excluding steroid dienone is 2. The van der Waals surface area contributed by atoms with Gasteiger partial charge in [0.05, 0.1) is 22.4 Å². The maximum atomic E-state index is 2.70. The van der Waals surface area contributed by atoms with Gasteiger partial charge in [-0.05, 0) is 216 Å². The molecule has 0 radical (unpaired) electrons. The van der Waals surface area contributed by atoms with Crippen molar-refractivity contribution >= 4 is 68.1 Å². The Kier molecular flexibility index (Phi) is 12.8. The molecule has 4 aliphatic rings. The van der Waals surface area contributed by atoms with Crippen LogP contribution in [-0.4, -0.2) is 4.57 Å². The standard InChI is InChI=1S/C84H87N3/c1-79(2,3)54-28-36-58(37-29-54)85(59-38-30-55(31-39-59)80(4,5)6)74-46-44-62(64-22-17-19-24-66(64)74)52-48-68-69-49-53(51-73-77(69)87-76(68)72(50-52)83(13,14)70-26-21-27-71(78(70)87)84(73,15)16)63-45-47-75(67-25-20-18-23-65(63)67)86(60-40-32-56(33-41-60)81(7,8)9)61-42-34-57(35-43-61)82(10,11)12/h17,20-22,25-51H,18-19,23-24H2,1-16H3. The first-order chi connectivity index (χ1) is 41.2. The number of aromatic nitrogens is 1. The molecule has 0 fully saturated rings. The van der Waals surface area contributed by atoms with Gasteiger partial charge in [-0.3, -0.25) is 0 Å². The summed E-state index contributed by atoms with van der Waals surface area (Å²) in [4.78, 5) is 5.02. The third kappa shape index (κ3) is 9.10. The van der Waals surface area contributed by atoms with Crippen molar-refractivity contribution in [3.8, 4) is 27.9 Å². The summed E-state index contributed by atoms with van der Waals surface area (Å²) in [5.41, 5.74) is 32.4. The second-order valence-electron chi connectivity index (χ2n) is 30.9. The molecular formula is C84H87N3. The summed E-state index contributed by atoms with van der Waals surface area (Å²) in [6, 6.07) is 64.5. The Morgan fingerprint density at radius 3 is 1.16 bits per heavy atom. The Morgan fingerprint density at radius 1 is 0.368 bits per heavy atom. The molecule has 3 nitrogen and oxygen atoms in total. The molecule has 438 valence electrons. The highest BCUT2D eigenvalue weighted by Gasteiger charge is 2.44. The predicted molar refractivity (Wildman–Crippen MR) is 375 cm³/mol. The summed E-state index contributed by atoms with van der Waals surface area (Å²) in [6.07, 6.45) is 13.6. The molecule has 10 aromatic rings. The van der Waals surface area contributed by atoms with Crippen molar-refractivity contribution in [3.05, 3.63) is 243 Å². The predicted octanol–water partition coefficient (Wildman–Crippen LogP) is 23.4. The van der Waals surface area contributed by atoms with Crippen LogP contribution in [0.3, 0.4) is 0 Å². The van der Waals surface area contributed by atoms with Crippen molar-refractivity contribution in [2.45, 2.75) is 169 Å². The van der Waals surface area contributed by atoms with Gasteiger partial charge in [0, 0.05) is 55.6 Å². The van der Waals surface area contributed by atoms with Gasteiger partial charge >= 0.3 is 0 Å². The Morgan fingerprint density at radius 2 is 0.736 bits per heavy atom. The molecule has 3 heteroatoms. The molecule has 0 spiro atoms. The average Bonchev–Trinajstić information content (AvgIpc) is 1.55. The average molecular weight is 1140 g/mol. The van der Waals surface area contributed by atoms with Crippen LogP contribution in [0.15, 0.2) is 176 Å². The minimum absolute atomic E-state index is 0.0508. The second kappa shape index (κ2) is 19.7. The number of anilines is 6. The van der Waals surface area contributed by atoms with Gasteiger partial charge < -0.3 is 14.4 Å². The van der Waals surface area contributed by atoms with Crippen LogP contribution in [0, 0.1) is 0 Å². The molecule has 0 unspecified atom stereocenters. The smallest absolute Gasteiger partial charge is 0.0582 e. The van der Waals surface area contributed by atoms with Crippen LogP contribution in [0.25, 0.3) is 61.9 Å². The molecule has 0 N–H and O–H groups in total. The zero-order valence-electron chi connectivity index (χ0n) is 54.6. The van der Waals surface area contributed by atoms with Crippen molar-refractivity contribution in [2.24, 2.45) is 0 Å². The van der Waals surface area contributed by atoms with Crippen LogP contribution in [0.1, 0.15) is 190 Å². The van der Waals surface area contributed by atoms with Crippen LogP contribution >= 0.6 is 0 Å². The first-order valence-electron chi connectivity index (χ1n) is 32.2. The number of para-hydroxylation sites is 1. The van der Waals surface area contributed by atoms with Crippen LogP contribution in [-0.2, 0) is 45.3 Å². The van der Waals surface area contributed by atoms with E-state index in [4.69, 9.17) is 0 Å². The molecular weight excluding hydrogens is 1050 g/mol. The minimum Gasteiger partial charge on any atom is -0.310 e. The lowest BCUT2D eigenvalue weighted by atomic mass is 9.68. The van der Waals surface area contributed by atoms with E-state index in [2.05, 4.69) is 313 Å². The van der Waals surface area contributed by atoms with Crippen molar-refractivity contribution < 1.29 is 0 Å². The molecule has 0 atom stereocenters. The van der Waals surface area contributed by atoms with Crippen LogP contribution in [0.4, 0.5) is 34.1 Å². The normalized spacial score (nSPS) is 15.5. The molecule has 2 aliphatic carbocycles. The zero-order chi connectivity index (χ0) is 61.1. The first-order valence-corrected chi connectivity index (χ1v) is 32.2. The van der Waals surface area contributed by atoms with Gasteiger partial charge in [0.2, 0.25) is 0 Å². The molecule has 14 rings (SSSR count). The highest BCUT2D eigenvalue weighted by Crippen LogP contribution is 2.58. The van der Waals surface area contributed by atoms with Gasteiger partial charge in [-0.15, -0.1) is 0 Å². The van der Waals surface area contributed by atoms with Gasteiger partial charge in [-0.25, -0.2) is 0 Å². The minimum atomic E-state index is -0.265. The fourth-order valence-corrected chi connectivity index (χ4v) is 15.1. The highest BCUT2D eigenvalue weighted by molar-refractivity contribution is 6.16. The fraction of sp³-hybridized carbons (Fsp3) is 0.310. The summed E-state index contributed by atoms with van der Waals surface area (Å²) in [5, 5.41) is 2.66. The SMILES string of the molecule is CC(C)(C)c1ccc(N(c2ccc(C(C)(C)C)cc2)c2ccc(-c3cc4c5c(c3)c3cc(-c6ccc(N(c7ccc(C(C)(C)C)cc7)c7ccc(C(C)(C)C)cc7)c7c6C=CCC7)cc6c3n5-c3c(cccc3C4(C)C)C6(C)C)c3c2C=CCC3)cc1. The van der Waals surface area contributed by atoms with E-state index in [1.807, 2.05) is 0 Å². The Labute approximate surface area is 519 Å². The molecule has 1 aromatic heterocycles. The van der Waals surface area contributed by atoms with Gasteiger partial charge in [0.25, 0.3) is 0 Å². The van der Waals surface area contributed by atoms with Crippen molar-refractivity contribution in [1.82, 2.24) is 4.57 Å². The maximum absolute atomic E-state index is 2.70. The van der Waals surface area contributed by atoms with Crippen LogP contribution in [0.2, 0.25) is 0 Å². The lowest BCUT2D eigenvalue weighted by Gasteiger charge is -2.42. The summed E-state index contributed by atoms with van der Waals surface area (Å²) in [5.74, 6) is 0. The van der Waals surface area contributed by atoms with Crippen LogP contribution < -0.4 is 9.80 Å². The van der Waals surface area contributed by atoms with E-state index in [0.717, 1.165) is 25.7 Å². The monoisotopic (exact) mass is 1140 g/mol. The van der Waals surface area contributed by atoms with E-state index < -0.39 is 0 Å². The third-order valence-corrected chi connectivity index (χ3v) is 20.3. The summed E-state index contributed by atoms with van der Waals surface area (Å²) in [6.45, 7) is 37.5. The molecule has 2 aliphatic heterocycles. The molecule has 0 bridgehead atoms. The maximum Gasteiger partial charge on any atom is 0.0582 e. The molecule has 0 saturated carbocycles. The molecule has 9 aromatic carbocycles. The van der Waals surface area contributed by atoms with Gasteiger partial charge in [0.15, 0.2) is 0 Å². The van der Waals surface area contributed by atoms with E-state index in [-0.39, 0.29) is 32.5 Å².